The van der Waals surface area contributed by atoms with Crippen LogP contribution < -0.4 is 21.7 Å². The summed E-state index contributed by atoms with van der Waals surface area (Å²) in [5.74, 6) is -1.04. The Kier molecular flexibility index (Phi) is 11.8. The molecule has 0 radical (unpaired) electrons. The van der Waals surface area contributed by atoms with Crippen LogP contribution in [0.5, 0.6) is 0 Å². The van der Waals surface area contributed by atoms with Crippen LogP contribution in [0.1, 0.15) is 44.1 Å². The number of aliphatic hydroxyl groups excluding tert-OH is 1. The van der Waals surface area contributed by atoms with Crippen LogP contribution in [0, 0.1) is 0 Å². The largest absolute Gasteiger partial charge is 0.392 e. The second-order valence-electron chi connectivity index (χ2n) is 8.17. The maximum Gasteiger partial charge on any atom is 0.246 e. The predicted octanol–water partition coefficient (Wildman–Crippen LogP) is 0.416. The quantitative estimate of drug-likeness (QED) is 0.233. The highest BCUT2D eigenvalue weighted by Crippen LogP contribution is 2.11. The molecule has 6 N–H and O–H groups in total. The Balaban J connectivity index is 1.68. The van der Waals surface area contributed by atoms with Gasteiger partial charge in [-0.2, -0.15) is 0 Å². The van der Waals surface area contributed by atoms with Crippen LogP contribution in [-0.2, 0) is 25.8 Å². The molecule has 1 heterocycles. The number of rotatable bonds is 15. The van der Waals surface area contributed by atoms with Crippen molar-refractivity contribution >= 4 is 29.3 Å². The topological polar surface area (TPSA) is 154 Å². The maximum atomic E-state index is 12.6. The van der Waals surface area contributed by atoms with Crippen molar-refractivity contribution in [2.75, 3.05) is 31.5 Å². The molecule has 0 saturated heterocycles. The SMILES string of the molecule is NCCC[C@H](NC(=O)CNC(=O)CCCCCN1CC=CC1=O)C(=O)Nc1ccc(CO)cc1. The number of nitrogens with one attached hydrogen (secondary N) is 3. The molecule has 0 spiro atoms. The van der Waals surface area contributed by atoms with E-state index in [-0.39, 0.29) is 30.9 Å². The summed E-state index contributed by atoms with van der Waals surface area (Å²) in [6.45, 7) is 1.39. The molecule has 1 aliphatic heterocycles. The van der Waals surface area contributed by atoms with E-state index in [1.165, 1.54) is 0 Å². The van der Waals surface area contributed by atoms with E-state index in [0.29, 0.717) is 51.0 Å². The second-order valence-corrected chi connectivity index (χ2v) is 8.17. The lowest BCUT2D eigenvalue weighted by molar-refractivity contribution is -0.128. The number of carbonyl (C=O) groups excluding carboxylic acids is 4. The van der Waals surface area contributed by atoms with Gasteiger partial charge in [-0.25, -0.2) is 0 Å². The smallest absolute Gasteiger partial charge is 0.246 e. The first-order valence-corrected chi connectivity index (χ1v) is 11.6. The highest BCUT2D eigenvalue weighted by atomic mass is 16.3. The zero-order valence-electron chi connectivity index (χ0n) is 19.4. The van der Waals surface area contributed by atoms with E-state index in [1.54, 1.807) is 35.2 Å². The summed E-state index contributed by atoms with van der Waals surface area (Å²) < 4.78 is 0. The monoisotopic (exact) mass is 473 g/mol. The van der Waals surface area contributed by atoms with E-state index < -0.39 is 11.9 Å². The third-order valence-electron chi connectivity index (χ3n) is 5.43. The summed E-state index contributed by atoms with van der Waals surface area (Å²) in [6.07, 6.45) is 6.91. The highest BCUT2D eigenvalue weighted by Gasteiger charge is 2.21. The molecule has 10 nitrogen and oxygen atoms in total. The third kappa shape index (κ3) is 9.72. The Morgan fingerprint density at radius 3 is 2.47 bits per heavy atom. The van der Waals surface area contributed by atoms with E-state index in [0.717, 1.165) is 18.4 Å². The molecule has 1 aromatic rings. The van der Waals surface area contributed by atoms with Gasteiger partial charge in [0, 0.05) is 31.3 Å². The molecule has 186 valence electrons. The first-order chi connectivity index (χ1) is 16.4. The lowest BCUT2D eigenvalue weighted by Gasteiger charge is -2.18. The van der Waals surface area contributed by atoms with Gasteiger partial charge in [-0.15, -0.1) is 0 Å². The predicted molar refractivity (Wildman–Crippen MR) is 128 cm³/mol. The van der Waals surface area contributed by atoms with Gasteiger partial charge in [0.25, 0.3) is 0 Å². The zero-order valence-corrected chi connectivity index (χ0v) is 19.4. The Hall–Kier alpha value is -3.24. The number of carbonyl (C=O) groups is 4. The van der Waals surface area contributed by atoms with E-state index in [4.69, 9.17) is 10.8 Å². The summed E-state index contributed by atoms with van der Waals surface area (Å²) in [5, 5.41) is 17.1. The van der Waals surface area contributed by atoms with Gasteiger partial charge in [-0.1, -0.05) is 24.6 Å². The Bertz CT molecular complexity index is 856. The maximum absolute atomic E-state index is 12.6. The zero-order chi connectivity index (χ0) is 24.8. The molecule has 0 fully saturated rings. The van der Waals surface area contributed by atoms with Gasteiger partial charge in [0.2, 0.25) is 23.6 Å². The van der Waals surface area contributed by atoms with Crippen LogP contribution in [-0.4, -0.2) is 65.9 Å². The summed E-state index contributed by atoms with van der Waals surface area (Å²) >= 11 is 0. The van der Waals surface area contributed by atoms with Gasteiger partial charge in [-0.05, 0) is 49.9 Å². The van der Waals surface area contributed by atoms with Crippen LogP contribution >= 0.6 is 0 Å². The van der Waals surface area contributed by atoms with Crippen LogP contribution in [0.25, 0.3) is 0 Å². The van der Waals surface area contributed by atoms with Crippen LogP contribution in [0.4, 0.5) is 5.69 Å². The standard InChI is InChI=1S/C24H35N5O5/c25-13-4-6-20(24(34)27-19-11-9-18(17-30)10-12-19)28-22(32)16-26-21(31)7-2-1-3-14-29-15-5-8-23(29)33/h5,8-12,20,30H,1-4,6-7,13-17,25H2,(H,26,31)(H,27,34)(H,28,32)/t20-/m0/s1. The van der Waals surface area contributed by atoms with Gasteiger partial charge >= 0.3 is 0 Å². The Morgan fingerprint density at radius 2 is 1.82 bits per heavy atom. The van der Waals surface area contributed by atoms with E-state index in [9.17, 15) is 19.2 Å². The fourth-order valence-corrected chi connectivity index (χ4v) is 3.47. The molecule has 2 rings (SSSR count). The summed E-state index contributed by atoms with van der Waals surface area (Å²) in [5.41, 5.74) is 6.83. The minimum Gasteiger partial charge on any atom is -0.392 e. The van der Waals surface area contributed by atoms with Crippen molar-refractivity contribution in [1.82, 2.24) is 15.5 Å². The summed E-state index contributed by atoms with van der Waals surface area (Å²) in [4.78, 5) is 50.2. The number of hydrogen-bond acceptors (Lipinski definition) is 6. The second kappa shape index (κ2) is 14.8. The molecule has 4 amide bonds. The van der Waals surface area contributed by atoms with Crippen molar-refractivity contribution in [2.45, 2.75) is 51.2 Å². The molecule has 10 heteroatoms. The molecule has 0 saturated carbocycles. The van der Waals surface area contributed by atoms with Gasteiger partial charge in [-0.3, -0.25) is 19.2 Å². The molecule has 0 unspecified atom stereocenters. The molecule has 34 heavy (non-hydrogen) atoms. The molecular formula is C24H35N5O5. The fourth-order valence-electron chi connectivity index (χ4n) is 3.47. The first-order valence-electron chi connectivity index (χ1n) is 11.6. The van der Waals surface area contributed by atoms with Crippen molar-refractivity contribution in [3.05, 3.63) is 42.0 Å². The molecule has 1 atom stereocenters. The van der Waals surface area contributed by atoms with Crippen LogP contribution in [0.15, 0.2) is 36.4 Å². The number of unbranched alkanes of at least 4 members (excludes halogenated alkanes) is 2. The van der Waals surface area contributed by atoms with E-state index in [1.807, 2.05) is 6.08 Å². The number of nitrogens with zero attached hydrogens (tertiary/aromatic N) is 1. The molecule has 0 bridgehead atoms. The number of aliphatic hydroxyl groups is 1. The van der Waals surface area contributed by atoms with E-state index in [2.05, 4.69) is 16.0 Å². The average Bonchev–Trinajstić information content (AvgIpc) is 3.25. The highest BCUT2D eigenvalue weighted by molar-refractivity contribution is 5.97. The van der Waals surface area contributed by atoms with Crippen molar-refractivity contribution in [1.29, 1.82) is 0 Å². The molecule has 1 aromatic carbocycles. The number of amides is 4. The van der Waals surface area contributed by atoms with Gasteiger partial charge in [0.1, 0.15) is 6.04 Å². The van der Waals surface area contributed by atoms with Crippen molar-refractivity contribution in [2.24, 2.45) is 5.73 Å². The molecular weight excluding hydrogens is 438 g/mol. The van der Waals surface area contributed by atoms with Gasteiger partial charge in [0.05, 0.1) is 13.2 Å². The summed E-state index contributed by atoms with van der Waals surface area (Å²) in [7, 11) is 0. The minimum atomic E-state index is -0.784. The third-order valence-corrected chi connectivity index (χ3v) is 5.43. The molecule has 0 aromatic heterocycles. The lowest BCUT2D eigenvalue weighted by Crippen LogP contribution is -2.47. The fraction of sp³-hybridized carbons (Fsp3) is 0.500. The number of anilines is 1. The molecule has 0 aliphatic carbocycles. The minimum absolute atomic E-state index is 0.0295. The first kappa shape index (κ1) is 27.0. The van der Waals surface area contributed by atoms with E-state index >= 15 is 0 Å². The Morgan fingerprint density at radius 1 is 1.06 bits per heavy atom. The van der Waals surface area contributed by atoms with Crippen molar-refractivity contribution < 1.29 is 24.3 Å². The number of benzene rings is 1. The average molecular weight is 474 g/mol. The number of nitrogens with two attached hydrogens (primary N) is 1. The normalized spacial score (nSPS) is 13.6. The van der Waals surface area contributed by atoms with Crippen molar-refractivity contribution in [3.8, 4) is 0 Å². The van der Waals surface area contributed by atoms with Crippen LogP contribution in [0.2, 0.25) is 0 Å². The molecule has 1 aliphatic rings. The lowest BCUT2D eigenvalue weighted by atomic mass is 10.1. The van der Waals surface area contributed by atoms with Crippen LogP contribution in [0.3, 0.4) is 0 Å². The number of hydrogen-bond donors (Lipinski definition) is 5. The van der Waals surface area contributed by atoms with Crippen molar-refractivity contribution in [3.63, 3.8) is 0 Å². The Labute approximate surface area is 199 Å². The van der Waals surface area contributed by atoms with Gasteiger partial charge in [0.15, 0.2) is 0 Å². The van der Waals surface area contributed by atoms with Gasteiger partial charge < -0.3 is 31.7 Å². The summed E-state index contributed by atoms with van der Waals surface area (Å²) in [6, 6.07) is 5.95.